The average molecular weight is 239 g/mol. The van der Waals surface area contributed by atoms with Gasteiger partial charge < -0.3 is 21.1 Å². The van der Waals surface area contributed by atoms with Gasteiger partial charge in [0, 0.05) is 0 Å². The van der Waals surface area contributed by atoms with Gasteiger partial charge >= 0.3 is 5.97 Å². The van der Waals surface area contributed by atoms with Crippen LogP contribution in [0.15, 0.2) is 18.2 Å². The van der Waals surface area contributed by atoms with E-state index in [-0.39, 0.29) is 11.1 Å². The highest BCUT2D eigenvalue weighted by Crippen LogP contribution is 2.23. The van der Waals surface area contributed by atoms with Crippen molar-refractivity contribution >= 4 is 11.9 Å². The van der Waals surface area contributed by atoms with Crippen LogP contribution in [-0.4, -0.2) is 33.3 Å². The minimum Gasteiger partial charge on any atom is -0.478 e. The normalized spacial score (nSPS) is 14.1. The Morgan fingerprint density at radius 1 is 1.29 bits per heavy atom. The molecule has 0 aromatic heterocycles. The monoisotopic (exact) mass is 239 g/mol. The van der Waals surface area contributed by atoms with E-state index in [0.717, 1.165) is 0 Å². The molecule has 0 aliphatic heterocycles. The molecule has 0 heterocycles. The van der Waals surface area contributed by atoms with E-state index < -0.39 is 24.1 Å². The SMILES string of the molecule is Cc1cccc(C(O)C(O)C(N)=O)c1C(=O)O. The topological polar surface area (TPSA) is 121 Å². The molecule has 0 saturated carbocycles. The molecule has 0 spiro atoms. The van der Waals surface area contributed by atoms with Crippen LogP contribution >= 0.6 is 0 Å². The van der Waals surface area contributed by atoms with E-state index >= 15 is 0 Å². The third kappa shape index (κ3) is 2.61. The van der Waals surface area contributed by atoms with E-state index in [1.165, 1.54) is 12.1 Å². The molecule has 1 amide bonds. The Kier molecular flexibility index (Phi) is 3.82. The zero-order chi connectivity index (χ0) is 13.2. The Balaban J connectivity index is 3.26. The standard InChI is InChI=1S/C11H13NO5/c1-5-3-2-4-6(7(5)11(16)17)8(13)9(14)10(12)15/h2-4,8-9,13-14H,1H3,(H2,12,15)(H,16,17). The summed E-state index contributed by atoms with van der Waals surface area (Å²) in [4.78, 5) is 21.8. The summed E-state index contributed by atoms with van der Waals surface area (Å²) in [5, 5.41) is 28.0. The highest BCUT2D eigenvalue weighted by atomic mass is 16.4. The van der Waals surface area contributed by atoms with Crippen molar-refractivity contribution in [1.82, 2.24) is 0 Å². The largest absolute Gasteiger partial charge is 0.478 e. The maximum absolute atomic E-state index is 11.0. The molecule has 6 heteroatoms. The van der Waals surface area contributed by atoms with Crippen LogP contribution < -0.4 is 5.73 Å². The third-order valence-electron chi connectivity index (χ3n) is 2.43. The zero-order valence-electron chi connectivity index (χ0n) is 9.12. The average Bonchev–Trinajstić information content (AvgIpc) is 2.25. The van der Waals surface area contributed by atoms with Crippen molar-refractivity contribution in [2.45, 2.75) is 19.1 Å². The van der Waals surface area contributed by atoms with Gasteiger partial charge in [-0.05, 0) is 18.1 Å². The van der Waals surface area contributed by atoms with Crippen molar-refractivity contribution in [1.29, 1.82) is 0 Å². The molecule has 0 fully saturated rings. The number of carbonyl (C=O) groups is 2. The molecule has 92 valence electrons. The van der Waals surface area contributed by atoms with Crippen molar-refractivity contribution in [2.75, 3.05) is 0 Å². The van der Waals surface area contributed by atoms with E-state index in [2.05, 4.69) is 0 Å². The maximum Gasteiger partial charge on any atom is 0.336 e. The number of carboxylic acids is 1. The van der Waals surface area contributed by atoms with E-state index in [4.69, 9.17) is 10.8 Å². The molecule has 1 rings (SSSR count). The number of aliphatic hydroxyl groups excluding tert-OH is 2. The van der Waals surface area contributed by atoms with Crippen LogP contribution in [0.5, 0.6) is 0 Å². The Bertz CT molecular complexity index is 457. The first-order valence-corrected chi connectivity index (χ1v) is 4.84. The van der Waals surface area contributed by atoms with Gasteiger partial charge in [-0.2, -0.15) is 0 Å². The molecule has 0 saturated heterocycles. The molecular weight excluding hydrogens is 226 g/mol. The summed E-state index contributed by atoms with van der Waals surface area (Å²) >= 11 is 0. The number of hydrogen-bond donors (Lipinski definition) is 4. The predicted octanol–water partition coefficient (Wildman–Crippen LogP) is -0.427. The lowest BCUT2D eigenvalue weighted by atomic mass is 9.95. The minimum atomic E-state index is -1.84. The number of amides is 1. The number of benzene rings is 1. The smallest absolute Gasteiger partial charge is 0.336 e. The third-order valence-corrected chi connectivity index (χ3v) is 2.43. The first-order chi connectivity index (χ1) is 7.86. The maximum atomic E-state index is 11.0. The van der Waals surface area contributed by atoms with Crippen LogP contribution in [0, 0.1) is 6.92 Å². The lowest BCUT2D eigenvalue weighted by molar-refractivity contribution is -0.132. The molecule has 0 aliphatic carbocycles. The van der Waals surface area contributed by atoms with Gasteiger partial charge in [-0.3, -0.25) is 4.79 Å². The minimum absolute atomic E-state index is 0.0381. The van der Waals surface area contributed by atoms with Crippen LogP contribution in [0.25, 0.3) is 0 Å². The molecular formula is C11H13NO5. The lowest BCUT2D eigenvalue weighted by Gasteiger charge is -2.18. The van der Waals surface area contributed by atoms with Crippen LogP contribution in [0.4, 0.5) is 0 Å². The molecule has 2 atom stereocenters. The molecule has 2 unspecified atom stereocenters. The Labute approximate surface area is 97.3 Å². The van der Waals surface area contributed by atoms with Crippen molar-refractivity contribution in [3.8, 4) is 0 Å². The number of hydrogen-bond acceptors (Lipinski definition) is 4. The van der Waals surface area contributed by atoms with Gasteiger partial charge in [-0.15, -0.1) is 0 Å². The second-order valence-corrected chi connectivity index (χ2v) is 3.64. The van der Waals surface area contributed by atoms with E-state index in [0.29, 0.717) is 5.56 Å². The van der Waals surface area contributed by atoms with Crippen molar-refractivity contribution in [2.24, 2.45) is 5.73 Å². The summed E-state index contributed by atoms with van der Waals surface area (Å²) in [7, 11) is 0. The van der Waals surface area contributed by atoms with Crippen molar-refractivity contribution in [3.63, 3.8) is 0 Å². The molecule has 0 aliphatic rings. The van der Waals surface area contributed by atoms with Gasteiger partial charge in [-0.25, -0.2) is 4.79 Å². The zero-order valence-corrected chi connectivity index (χ0v) is 9.12. The summed E-state index contributed by atoms with van der Waals surface area (Å²) < 4.78 is 0. The molecule has 1 aromatic rings. The number of aromatic carboxylic acids is 1. The summed E-state index contributed by atoms with van der Waals surface area (Å²) in [6.45, 7) is 1.55. The lowest BCUT2D eigenvalue weighted by Crippen LogP contribution is -2.34. The fraction of sp³-hybridized carbons (Fsp3) is 0.273. The number of aryl methyl sites for hydroxylation is 1. The summed E-state index contributed by atoms with van der Waals surface area (Å²) in [6, 6.07) is 4.40. The van der Waals surface area contributed by atoms with Gasteiger partial charge in [-0.1, -0.05) is 18.2 Å². The van der Waals surface area contributed by atoms with Gasteiger partial charge in [0.05, 0.1) is 5.56 Å². The fourth-order valence-electron chi connectivity index (χ4n) is 1.55. The molecule has 0 bridgehead atoms. The Morgan fingerprint density at radius 2 is 1.88 bits per heavy atom. The second kappa shape index (κ2) is 4.94. The van der Waals surface area contributed by atoms with Gasteiger partial charge in [0.15, 0.2) is 6.10 Å². The first kappa shape index (κ1) is 13.1. The number of aliphatic hydroxyl groups is 2. The number of nitrogens with two attached hydrogens (primary N) is 1. The molecule has 0 radical (unpaired) electrons. The van der Waals surface area contributed by atoms with Crippen LogP contribution in [-0.2, 0) is 4.79 Å². The van der Waals surface area contributed by atoms with Crippen LogP contribution in [0.1, 0.15) is 27.6 Å². The second-order valence-electron chi connectivity index (χ2n) is 3.64. The van der Waals surface area contributed by atoms with Crippen molar-refractivity contribution in [3.05, 3.63) is 34.9 Å². The predicted molar refractivity (Wildman–Crippen MR) is 58.3 cm³/mol. The highest BCUT2D eigenvalue weighted by Gasteiger charge is 2.27. The van der Waals surface area contributed by atoms with Gasteiger partial charge in [0.1, 0.15) is 6.10 Å². The molecule has 6 nitrogen and oxygen atoms in total. The van der Waals surface area contributed by atoms with E-state index in [9.17, 15) is 19.8 Å². The Hall–Kier alpha value is -1.92. The highest BCUT2D eigenvalue weighted by molar-refractivity contribution is 5.91. The van der Waals surface area contributed by atoms with Crippen LogP contribution in [0.3, 0.4) is 0 Å². The molecule has 1 aromatic carbocycles. The summed E-state index contributed by atoms with van der Waals surface area (Å²) in [5.74, 6) is -2.36. The summed E-state index contributed by atoms with van der Waals surface area (Å²) in [6.07, 6.45) is -3.49. The van der Waals surface area contributed by atoms with Crippen molar-refractivity contribution < 1.29 is 24.9 Å². The summed E-state index contributed by atoms with van der Waals surface area (Å²) in [5.41, 5.74) is 5.09. The van der Waals surface area contributed by atoms with Gasteiger partial charge in [0.25, 0.3) is 0 Å². The number of rotatable bonds is 4. The van der Waals surface area contributed by atoms with E-state index in [1.807, 2.05) is 0 Å². The first-order valence-electron chi connectivity index (χ1n) is 4.84. The molecule has 17 heavy (non-hydrogen) atoms. The fourth-order valence-corrected chi connectivity index (χ4v) is 1.55. The quantitative estimate of drug-likeness (QED) is 0.568. The number of carbonyl (C=O) groups excluding carboxylic acids is 1. The van der Waals surface area contributed by atoms with E-state index in [1.54, 1.807) is 13.0 Å². The number of primary amides is 1. The number of carboxylic acid groups (broad SMARTS) is 1. The Morgan fingerprint density at radius 3 is 2.35 bits per heavy atom. The van der Waals surface area contributed by atoms with Gasteiger partial charge in [0.2, 0.25) is 5.91 Å². The molecule has 5 N–H and O–H groups in total. The van der Waals surface area contributed by atoms with Crippen LogP contribution in [0.2, 0.25) is 0 Å².